The average molecular weight is 374 g/mol. The average Bonchev–Trinajstić information content (AvgIpc) is 3.14. The Kier molecular flexibility index (Phi) is 5.42. The second-order valence-corrected chi connectivity index (χ2v) is 6.57. The normalized spacial score (nSPS) is 11.0. The molecule has 0 fully saturated rings. The molecule has 2 aromatic heterocycles. The van der Waals surface area contributed by atoms with Gasteiger partial charge in [-0.15, -0.1) is 0 Å². The summed E-state index contributed by atoms with van der Waals surface area (Å²) in [5.74, 6) is 1.74. The minimum Gasteiger partial charge on any atom is -0.369 e. The van der Waals surface area contributed by atoms with Crippen molar-refractivity contribution in [2.75, 3.05) is 18.4 Å². The Hall–Kier alpha value is -3.48. The van der Waals surface area contributed by atoms with Gasteiger partial charge in [0, 0.05) is 31.3 Å². The van der Waals surface area contributed by atoms with Crippen LogP contribution in [0.1, 0.15) is 18.7 Å². The molecule has 142 valence electrons. The highest BCUT2D eigenvalue weighted by atomic mass is 16.1. The molecule has 0 bridgehead atoms. The van der Waals surface area contributed by atoms with Crippen LogP contribution in [0.15, 0.2) is 54.9 Å². The molecule has 0 spiro atoms. The van der Waals surface area contributed by atoms with Gasteiger partial charge in [0.1, 0.15) is 18.0 Å². The SMILES string of the molecule is O=C(CCCNc1ncnc2ccccc12)NCCc1nc2ccccc2[nH]1. The lowest BCUT2D eigenvalue weighted by Crippen LogP contribution is -2.26. The molecule has 3 N–H and O–H groups in total. The number of rotatable bonds is 8. The van der Waals surface area contributed by atoms with Crippen LogP contribution in [0.4, 0.5) is 5.82 Å². The van der Waals surface area contributed by atoms with Crippen LogP contribution in [0.5, 0.6) is 0 Å². The number of carbonyl (C=O) groups excluding carboxylic acids is 1. The molecule has 28 heavy (non-hydrogen) atoms. The van der Waals surface area contributed by atoms with E-state index in [4.69, 9.17) is 0 Å². The van der Waals surface area contributed by atoms with Crippen molar-refractivity contribution in [3.05, 3.63) is 60.7 Å². The van der Waals surface area contributed by atoms with Crippen LogP contribution in [0.25, 0.3) is 21.9 Å². The standard InChI is InChI=1S/C21H22N6O/c28-20(22-13-11-19-26-17-8-3-4-9-18(17)27-19)10-5-12-23-21-15-6-1-2-7-16(15)24-14-25-21/h1-4,6-9,14H,5,10-13H2,(H,22,28)(H,26,27)(H,23,24,25). The van der Waals surface area contributed by atoms with Crippen LogP contribution in [0.2, 0.25) is 0 Å². The number of nitrogens with one attached hydrogen (secondary N) is 3. The Morgan fingerprint density at radius 2 is 1.79 bits per heavy atom. The number of anilines is 1. The summed E-state index contributed by atoms with van der Waals surface area (Å²) in [6.45, 7) is 1.25. The van der Waals surface area contributed by atoms with Crippen molar-refractivity contribution in [3.8, 4) is 0 Å². The lowest BCUT2D eigenvalue weighted by molar-refractivity contribution is -0.121. The predicted octanol–water partition coefficient (Wildman–Crippen LogP) is 3.06. The van der Waals surface area contributed by atoms with Gasteiger partial charge < -0.3 is 15.6 Å². The highest BCUT2D eigenvalue weighted by Gasteiger charge is 2.05. The number of amides is 1. The lowest BCUT2D eigenvalue weighted by Gasteiger charge is -2.08. The van der Waals surface area contributed by atoms with E-state index in [1.165, 1.54) is 0 Å². The zero-order chi connectivity index (χ0) is 19.2. The van der Waals surface area contributed by atoms with Crippen molar-refractivity contribution >= 4 is 33.7 Å². The van der Waals surface area contributed by atoms with Crippen molar-refractivity contribution in [2.45, 2.75) is 19.3 Å². The van der Waals surface area contributed by atoms with Crippen molar-refractivity contribution < 1.29 is 4.79 Å². The summed E-state index contributed by atoms with van der Waals surface area (Å²) >= 11 is 0. The predicted molar refractivity (Wildman–Crippen MR) is 110 cm³/mol. The molecule has 0 radical (unpaired) electrons. The van der Waals surface area contributed by atoms with Gasteiger partial charge in [-0.1, -0.05) is 24.3 Å². The van der Waals surface area contributed by atoms with Crippen LogP contribution < -0.4 is 10.6 Å². The van der Waals surface area contributed by atoms with Crippen molar-refractivity contribution in [2.24, 2.45) is 0 Å². The van der Waals surface area contributed by atoms with E-state index >= 15 is 0 Å². The molecule has 0 aliphatic rings. The molecule has 0 aliphatic carbocycles. The Balaban J connectivity index is 1.18. The van der Waals surface area contributed by atoms with Crippen LogP contribution in [0, 0.1) is 0 Å². The first-order valence-electron chi connectivity index (χ1n) is 9.43. The van der Waals surface area contributed by atoms with Crippen LogP contribution in [-0.2, 0) is 11.2 Å². The number of aromatic amines is 1. The number of hydrogen-bond donors (Lipinski definition) is 3. The summed E-state index contributed by atoms with van der Waals surface area (Å²) in [7, 11) is 0. The number of H-pyrrole nitrogens is 1. The van der Waals surface area contributed by atoms with Crippen LogP contribution >= 0.6 is 0 Å². The van der Waals surface area contributed by atoms with E-state index in [-0.39, 0.29) is 5.91 Å². The maximum Gasteiger partial charge on any atom is 0.220 e. The third-order valence-corrected chi connectivity index (χ3v) is 4.54. The highest BCUT2D eigenvalue weighted by Crippen LogP contribution is 2.18. The molecule has 0 atom stereocenters. The summed E-state index contributed by atoms with van der Waals surface area (Å²) in [6, 6.07) is 15.8. The number of aromatic nitrogens is 4. The number of para-hydroxylation sites is 3. The second-order valence-electron chi connectivity index (χ2n) is 6.57. The third kappa shape index (κ3) is 4.25. The molecule has 0 saturated heterocycles. The summed E-state index contributed by atoms with van der Waals surface area (Å²) in [5.41, 5.74) is 2.88. The molecule has 0 aliphatic heterocycles. The number of nitrogens with zero attached hydrogens (tertiary/aromatic N) is 3. The highest BCUT2D eigenvalue weighted by molar-refractivity contribution is 5.88. The zero-order valence-electron chi connectivity index (χ0n) is 15.5. The monoisotopic (exact) mass is 374 g/mol. The Labute approximate surface area is 162 Å². The summed E-state index contributed by atoms with van der Waals surface area (Å²) in [4.78, 5) is 28.4. The number of benzene rings is 2. The van der Waals surface area contributed by atoms with E-state index in [0.29, 0.717) is 25.9 Å². The molecular weight excluding hydrogens is 352 g/mol. The van der Waals surface area contributed by atoms with Gasteiger partial charge in [0.05, 0.1) is 16.6 Å². The van der Waals surface area contributed by atoms with E-state index in [0.717, 1.165) is 40.0 Å². The molecule has 4 aromatic rings. The minimum absolute atomic E-state index is 0.0467. The van der Waals surface area contributed by atoms with Gasteiger partial charge in [0.25, 0.3) is 0 Å². The van der Waals surface area contributed by atoms with Crippen LogP contribution in [-0.4, -0.2) is 38.9 Å². The fourth-order valence-corrected chi connectivity index (χ4v) is 3.13. The maximum absolute atomic E-state index is 12.0. The number of imidazole rings is 1. The van der Waals surface area contributed by atoms with E-state index in [1.807, 2.05) is 48.5 Å². The van der Waals surface area contributed by atoms with Gasteiger partial charge in [-0.3, -0.25) is 4.79 Å². The first-order chi connectivity index (χ1) is 13.8. The van der Waals surface area contributed by atoms with Crippen molar-refractivity contribution in [1.82, 2.24) is 25.3 Å². The van der Waals surface area contributed by atoms with Gasteiger partial charge in [0.15, 0.2) is 0 Å². The van der Waals surface area contributed by atoms with E-state index < -0.39 is 0 Å². The number of fused-ring (bicyclic) bond motifs is 2. The van der Waals surface area contributed by atoms with E-state index in [2.05, 4.69) is 30.6 Å². The second kappa shape index (κ2) is 8.47. The van der Waals surface area contributed by atoms with Gasteiger partial charge in [-0.2, -0.15) is 0 Å². The van der Waals surface area contributed by atoms with Crippen LogP contribution in [0.3, 0.4) is 0 Å². The molecule has 7 heteroatoms. The molecule has 7 nitrogen and oxygen atoms in total. The Morgan fingerprint density at radius 3 is 2.68 bits per heavy atom. The first-order valence-corrected chi connectivity index (χ1v) is 9.43. The largest absolute Gasteiger partial charge is 0.369 e. The summed E-state index contributed by atoms with van der Waals surface area (Å²) in [5, 5.41) is 7.23. The fraction of sp³-hybridized carbons (Fsp3) is 0.238. The van der Waals surface area contributed by atoms with Crippen molar-refractivity contribution in [3.63, 3.8) is 0 Å². The zero-order valence-corrected chi connectivity index (χ0v) is 15.5. The Morgan fingerprint density at radius 1 is 0.964 bits per heavy atom. The first kappa shape index (κ1) is 17.9. The fourth-order valence-electron chi connectivity index (χ4n) is 3.13. The summed E-state index contributed by atoms with van der Waals surface area (Å²) < 4.78 is 0. The molecule has 2 heterocycles. The molecule has 2 aromatic carbocycles. The molecule has 0 saturated carbocycles. The number of carbonyl (C=O) groups is 1. The lowest BCUT2D eigenvalue weighted by atomic mass is 10.2. The molecule has 0 unspecified atom stereocenters. The van der Waals surface area contributed by atoms with Gasteiger partial charge in [-0.05, 0) is 30.7 Å². The quantitative estimate of drug-likeness (QED) is 0.412. The summed E-state index contributed by atoms with van der Waals surface area (Å²) in [6.07, 6.45) is 3.44. The Bertz CT molecular complexity index is 1050. The van der Waals surface area contributed by atoms with Gasteiger partial charge >= 0.3 is 0 Å². The smallest absolute Gasteiger partial charge is 0.220 e. The topological polar surface area (TPSA) is 95.6 Å². The maximum atomic E-state index is 12.0. The van der Waals surface area contributed by atoms with Gasteiger partial charge in [-0.25, -0.2) is 15.0 Å². The minimum atomic E-state index is 0.0467. The molecule has 4 rings (SSSR count). The van der Waals surface area contributed by atoms with E-state index in [9.17, 15) is 4.79 Å². The van der Waals surface area contributed by atoms with Crippen molar-refractivity contribution in [1.29, 1.82) is 0 Å². The third-order valence-electron chi connectivity index (χ3n) is 4.54. The molecular formula is C21H22N6O. The number of hydrogen-bond acceptors (Lipinski definition) is 5. The van der Waals surface area contributed by atoms with Gasteiger partial charge in [0.2, 0.25) is 5.91 Å². The molecule has 1 amide bonds. The van der Waals surface area contributed by atoms with E-state index in [1.54, 1.807) is 6.33 Å².